The summed E-state index contributed by atoms with van der Waals surface area (Å²) >= 11 is 1.71. The Kier molecular flexibility index (Phi) is 7.14. The largest absolute Gasteiger partial charge is 0.377 e. The van der Waals surface area contributed by atoms with Crippen LogP contribution in [0.5, 0.6) is 0 Å². The molecule has 1 N–H and O–H groups in total. The highest BCUT2D eigenvalue weighted by Gasteiger charge is 2.34. The first-order chi connectivity index (χ1) is 18.2. The van der Waals surface area contributed by atoms with Crippen molar-refractivity contribution < 1.29 is 9.47 Å². The Morgan fingerprint density at radius 2 is 2.00 bits per heavy atom. The Bertz CT molecular complexity index is 1390. The van der Waals surface area contributed by atoms with Gasteiger partial charge in [0.25, 0.3) is 5.56 Å². The zero-order valence-corrected chi connectivity index (χ0v) is 21.8. The molecule has 1 aromatic carbocycles. The number of hydrogen-bond donors (Lipinski definition) is 1. The van der Waals surface area contributed by atoms with Crippen LogP contribution in [0.25, 0.3) is 10.9 Å². The van der Waals surface area contributed by atoms with Crippen LogP contribution in [-0.2, 0) is 22.6 Å². The van der Waals surface area contributed by atoms with Crippen molar-refractivity contribution in [3.8, 4) is 0 Å². The molecule has 3 atom stereocenters. The minimum Gasteiger partial charge on any atom is -0.377 e. The van der Waals surface area contributed by atoms with E-state index < -0.39 is 6.04 Å². The molecule has 0 radical (unpaired) electrons. The van der Waals surface area contributed by atoms with Gasteiger partial charge in [0.1, 0.15) is 6.04 Å². The van der Waals surface area contributed by atoms with Crippen LogP contribution in [0, 0.1) is 6.92 Å². The summed E-state index contributed by atoms with van der Waals surface area (Å²) in [5, 5.41) is 16.0. The normalized spacial score (nSPS) is 20.8. The number of ether oxygens (including phenoxy) is 2. The minimum absolute atomic E-state index is 0.0735. The summed E-state index contributed by atoms with van der Waals surface area (Å²) in [5.74, 6) is 0.655. The monoisotopic (exact) mass is 520 g/mol. The van der Waals surface area contributed by atoms with Gasteiger partial charge in [-0.15, -0.1) is 16.4 Å². The van der Waals surface area contributed by atoms with Gasteiger partial charge in [0.2, 0.25) is 0 Å². The molecule has 2 aliphatic rings. The predicted octanol–water partition coefficient (Wildman–Crippen LogP) is 3.83. The van der Waals surface area contributed by atoms with E-state index in [-0.39, 0.29) is 17.8 Å². The summed E-state index contributed by atoms with van der Waals surface area (Å²) < 4.78 is 13.8. The first-order valence-corrected chi connectivity index (χ1v) is 13.9. The quantitative estimate of drug-likeness (QED) is 0.358. The van der Waals surface area contributed by atoms with Gasteiger partial charge in [-0.1, -0.05) is 24.3 Å². The number of aromatic amines is 1. The summed E-state index contributed by atoms with van der Waals surface area (Å²) in [6, 6.07) is 11.8. The molecular weight excluding hydrogens is 488 g/mol. The van der Waals surface area contributed by atoms with E-state index >= 15 is 0 Å². The van der Waals surface area contributed by atoms with Crippen molar-refractivity contribution in [3.05, 3.63) is 74.0 Å². The van der Waals surface area contributed by atoms with Crippen LogP contribution in [0.15, 0.2) is 46.6 Å². The maximum atomic E-state index is 13.7. The molecule has 2 fully saturated rings. The van der Waals surface area contributed by atoms with Crippen molar-refractivity contribution in [2.24, 2.45) is 0 Å². The van der Waals surface area contributed by atoms with E-state index in [1.165, 1.54) is 4.88 Å². The molecular formula is C27H32N6O3S. The van der Waals surface area contributed by atoms with Crippen molar-refractivity contribution in [1.82, 2.24) is 30.1 Å². The molecule has 0 amide bonds. The summed E-state index contributed by atoms with van der Waals surface area (Å²) in [6.07, 6.45) is 4.25. The SMILES string of the molecule is Cc1cccc2cc([C@@H](c3nnnn3C[C@@H]3CCCO3)N(Cc3cccs3)C[C@@H]3CCCO3)c(=O)[nH]c12. The highest BCUT2D eigenvalue weighted by atomic mass is 32.1. The predicted molar refractivity (Wildman–Crippen MR) is 142 cm³/mol. The molecule has 0 bridgehead atoms. The zero-order valence-electron chi connectivity index (χ0n) is 21.0. The molecule has 0 unspecified atom stereocenters. The molecule has 2 aliphatic heterocycles. The highest BCUT2D eigenvalue weighted by molar-refractivity contribution is 7.09. The number of tetrazole rings is 1. The van der Waals surface area contributed by atoms with Crippen molar-refractivity contribution in [2.45, 2.75) is 63.9 Å². The highest BCUT2D eigenvalue weighted by Crippen LogP contribution is 2.31. The van der Waals surface area contributed by atoms with E-state index in [1.807, 2.05) is 35.9 Å². The zero-order chi connectivity index (χ0) is 25.2. The smallest absolute Gasteiger partial charge is 0.253 e. The molecule has 0 saturated carbocycles. The first kappa shape index (κ1) is 24.4. The lowest BCUT2D eigenvalue weighted by Crippen LogP contribution is -2.39. The van der Waals surface area contributed by atoms with Crippen LogP contribution in [-0.4, -0.2) is 62.1 Å². The van der Waals surface area contributed by atoms with E-state index in [0.717, 1.165) is 55.4 Å². The van der Waals surface area contributed by atoms with Crippen LogP contribution in [0.1, 0.15) is 53.6 Å². The number of H-pyrrole nitrogens is 1. The summed E-state index contributed by atoms with van der Waals surface area (Å²) in [7, 11) is 0. The van der Waals surface area contributed by atoms with Crippen LogP contribution in [0.3, 0.4) is 0 Å². The van der Waals surface area contributed by atoms with Crippen LogP contribution >= 0.6 is 11.3 Å². The van der Waals surface area contributed by atoms with E-state index in [0.29, 0.717) is 31.0 Å². The third kappa shape index (κ3) is 5.24. The van der Waals surface area contributed by atoms with E-state index in [9.17, 15) is 4.79 Å². The standard InChI is InChI=1S/C27H32N6O3S/c1-18-6-2-7-19-14-23(27(34)28-24(18)19)25(26-29-30-31-33(26)16-21-9-4-12-36-21)32(15-20-8-3-11-35-20)17-22-10-5-13-37-22/h2,5-7,10,13-14,20-21,25H,3-4,8-9,11-12,15-17H2,1H3,(H,28,34)/t20-,21-,25-/m0/s1. The Morgan fingerprint density at radius 1 is 1.16 bits per heavy atom. The van der Waals surface area contributed by atoms with Crippen LogP contribution in [0.4, 0.5) is 0 Å². The lowest BCUT2D eigenvalue weighted by molar-refractivity contribution is 0.0559. The van der Waals surface area contributed by atoms with Gasteiger partial charge in [-0.3, -0.25) is 9.69 Å². The molecule has 10 heteroatoms. The lowest BCUT2D eigenvalue weighted by atomic mass is 10.0. The molecule has 37 heavy (non-hydrogen) atoms. The first-order valence-electron chi connectivity index (χ1n) is 13.0. The topological polar surface area (TPSA) is 98.2 Å². The van der Waals surface area contributed by atoms with Gasteiger partial charge >= 0.3 is 0 Å². The van der Waals surface area contributed by atoms with E-state index in [1.54, 1.807) is 11.3 Å². The fraction of sp³-hybridized carbons (Fsp3) is 0.481. The number of benzene rings is 1. The number of fused-ring (bicyclic) bond motifs is 1. The average Bonchev–Trinajstić information content (AvgIpc) is 3.71. The Labute approximate surface area is 219 Å². The summed E-state index contributed by atoms with van der Waals surface area (Å²) in [4.78, 5) is 20.4. The molecule has 0 aliphatic carbocycles. The van der Waals surface area contributed by atoms with Crippen molar-refractivity contribution in [2.75, 3.05) is 19.8 Å². The molecule has 4 aromatic rings. The van der Waals surface area contributed by atoms with Gasteiger partial charge in [0.15, 0.2) is 5.82 Å². The molecule has 5 heterocycles. The molecule has 194 valence electrons. The van der Waals surface area contributed by atoms with Crippen molar-refractivity contribution >= 4 is 22.2 Å². The second-order valence-electron chi connectivity index (χ2n) is 9.99. The number of hydrogen-bond acceptors (Lipinski definition) is 8. The van der Waals surface area contributed by atoms with Crippen LogP contribution in [0.2, 0.25) is 0 Å². The van der Waals surface area contributed by atoms with Gasteiger partial charge in [0, 0.05) is 36.7 Å². The minimum atomic E-state index is -0.448. The molecule has 9 nitrogen and oxygen atoms in total. The number of aryl methyl sites for hydroxylation is 1. The third-order valence-corrected chi connectivity index (χ3v) is 8.24. The summed E-state index contributed by atoms with van der Waals surface area (Å²) in [5.41, 5.74) is 2.41. The molecule has 2 saturated heterocycles. The van der Waals surface area contributed by atoms with Crippen molar-refractivity contribution in [3.63, 3.8) is 0 Å². The number of aromatic nitrogens is 5. The molecule has 6 rings (SSSR count). The lowest BCUT2D eigenvalue weighted by Gasteiger charge is -2.32. The second kappa shape index (κ2) is 10.8. The summed E-state index contributed by atoms with van der Waals surface area (Å²) in [6.45, 7) is 5.46. The van der Waals surface area contributed by atoms with E-state index in [2.05, 4.69) is 42.9 Å². The average molecular weight is 521 g/mol. The number of rotatable bonds is 9. The number of pyridine rings is 1. The molecule has 3 aromatic heterocycles. The van der Waals surface area contributed by atoms with Crippen LogP contribution < -0.4 is 5.56 Å². The van der Waals surface area contributed by atoms with Gasteiger partial charge in [-0.2, -0.15) is 0 Å². The number of nitrogens with zero attached hydrogens (tertiary/aromatic N) is 5. The maximum absolute atomic E-state index is 13.7. The number of para-hydroxylation sites is 1. The third-order valence-electron chi connectivity index (χ3n) is 7.38. The van der Waals surface area contributed by atoms with Gasteiger partial charge < -0.3 is 14.5 Å². The number of nitrogens with one attached hydrogen (secondary N) is 1. The second-order valence-corrected chi connectivity index (χ2v) is 11.0. The van der Waals surface area contributed by atoms with E-state index in [4.69, 9.17) is 9.47 Å². The fourth-order valence-corrected chi connectivity index (χ4v) is 6.26. The van der Waals surface area contributed by atoms with Gasteiger partial charge in [-0.05, 0) is 71.5 Å². The van der Waals surface area contributed by atoms with Gasteiger partial charge in [-0.25, -0.2) is 4.68 Å². The van der Waals surface area contributed by atoms with Crippen molar-refractivity contribution in [1.29, 1.82) is 0 Å². The number of thiophene rings is 1. The fourth-order valence-electron chi connectivity index (χ4n) is 5.53. The van der Waals surface area contributed by atoms with Gasteiger partial charge in [0.05, 0.1) is 24.3 Å². The Hall–Kier alpha value is -2.92. The Balaban J connectivity index is 1.47. The maximum Gasteiger partial charge on any atom is 0.253 e. The molecule has 0 spiro atoms. The Morgan fingerprint density at radius 3 is 2.76 bits per heavy atom.